The van der Waals surface area contributed by atoms with E-state index in [4.69, 9.17) is 9.15 Å². The molecule has 0 spiro atoms. The Morgan fingerprint density at radius 1 is 1.48 bits per heavy atom. The number of furan rings is 1. The van der Waals surface area contributed by atoms with Crippen molar-refractivity contribution in [3.8, 4) is 0 Å². The maximum absolute atomic E-state index is 5.36. The SMILES string of the molecule is COCCN=C(NCCc1ccco1)N1CCC(C)CC1. The molecule has 0 bridgehead atoms. The van der Waals surface area contributed by atoms with Crippen LogP contribution in [0.3, 0.4) is 0 Å². The van der Waals surface area contributed by atoms with Crippen molar-refractivity contribution in [1.29, 1.82) is 0 Å². The molecule has 0 radical (unpaired) electrons. The molecule has 1 aliphatic heterocycles. The highest BCUT2D eigenvalue weighted by Gasteiger charge is 2.18. The first-order chi connectivity index (χ1) is 10.3. The quantitative estimate of drug-likeness (QED) is 0.496. The summed E-state index contributed by atoms with van der Waals surface area (Å²) in [5.74, 6) is 2.83. The van der Waals surface area contributed by atoms with E-state index in [-0.39, 0.29) is 0 Å². The first-order valence-corrected chi connectivity index (χ1v) is 7.84. The van der Waals surface area contributed by atoms with Crippen LogP contribution in [-0.2, 0) is 11.2 Å². The molecule has 1 saturated heterocycles. The zero-order valence-corrected chi connectivity index (χ0v) is 13.2. The van der Waals surface area contributed by atoms with Crippen molar-refractivity contribution in [2.45, 2.75) is 26.2 Å². The minimum absolute atomic E-state index is 0.660. The summed E-state index contributed by atoms with van der Waals surface area (Å²) in [4.78, 5) is 7.02. The number of rotatable bonds is 6. The Hall–Kier alpha value is -1.49. The molecule has 0 unspecified atom stereocenters. The van der Waals surface area contributed by atoms with Gasteiger partial charge in [0.1, 0.15) is 5.76 Å². The van der Waals surface area contributed by atoms with Gasteiger partial charge in [-0.25, -0.2) is 0 Å². The molecule has 0 aromatic carbocycles. The Labute approximate surface area is 127 Å². The van der Waals surface area contributed by atoms with Gasteiger partial charge in [-0.2, -0.15) is 0 Å². The Kier molecular flexibility index (Phi) is 6.60. The van der Waals surface area contributed by atoms with E-state index < -0.39 is 0 Å². The molecule has 1 N–H and O–H groups in total. The van der Waals surface area contributed by atoms with E-state index in [0.717, 1.165) is 43.7 Å². The van der Waals surface area contributed by atoms with Gasteiger partial charge in [0.2, 0.25) is 0 Å². The minimum Gasteiger partial charge on any atom is -0.469 e. The number of hydrogen-bond acceptors (Lipinski definition) is 3. The van der Waals surface area contributed by atoms with Crippen LogP contribution < -0.4 is 5.32 Å². The van der Waals surface area contributed by atoms with Crippen molar-refractivity contribution < 1.29 is 9.15 Å². The molecule has 21 heavy (non-hydrogen) atoms. The second-order valence-electron chi connectivity index (χ2n) is 5.62. The Bertz CT molecular complexity index is 409. The molecule has 5 heteroatoms. The van der Waals surface area contributed by atoms with E-state index in [0.29, 0.717) is 13.2 Å². The summed E-state index contributed by atoms with van der Waals surface area (Å²) in [7, 11) is 1.71. The number of nitrogens with one attached hydrogen (secondary N) is 1. The van der Waals surface area contributed by atoms with Gasteiger partial charge >= 0.3 is 0 Å². The van der Waals surface area contributed by atoms with Gasteiger partial charge in [0.15, 0.2) is 5.96 Å². The third-order valence-electron chi connectivity index (χ3n) is 3.87. The van der Waals surface area contributed by atoms with E-state index in [1.54, 1.807) is 13.4 Å². The van der Waals surface area contributed by atoms with Gasteiger partial charge in [-0.15, -0.1) is 0 Å². The Morgan fingerprint density at radius 3 is 2.95 bits per heavy atom. The second kappa shape index (κ2) is 8.72. The number of methoxy groups -OCH3 is 1. The van der Waals surface area contributed by atoms with Crippen LogP contribution in [0.1, 0.15) is 25.5 Å². The van der Waals surface area contributed by atoms with Gasteiger partial charge in [-0.1, -0.05) is 6.92 Å². The topological polar surface area (TPSA) is 50.0 Å². The van der Waals surface area contributed by atoms with Gasteiger partial charge in [-0.05, 0) is 30.9 Å². The van der Waals surface area contributed by atoms with Crippen molar-refractivity contribution in [3.05, 3.63) is 24.2 Å². The lowest BCUT2D eigenvalue weighted by atomic mass is 10.00. The largest absolute Gasteiger partial charge is 0.469 e. The lowest BCUT2D eigenvalue weighted by molar-refractivity contribution is 0.206. The van der Waals surface area contributed by atoms with Gasteiger partial charge in [0.05, 0.1) is 19.4 Å². The molecular formula is C16H27N3O2. The predicted octanol–water partition coefficient (Wildman–Crippen LogP) is 2.15. The van der Waals surface area contributed by atoms with Crippen LogP contribution >= 0.6 is 0 Å². The van der Waals surface area contributed by atoms with E-state index in [2.05, 4.69) is 22.1 Å². The number of guanidine groups is 1. The number of nitrogens with zero attached hydrogens (tertiary/aromatic N) is 2. The van der Waals surface area contributed by atoms with Crippen LogP contribution in [0.15, 0.2) is 27.8 Å². The minimum atomic E-state index is 0.660. The lowest BCUT2D eigenvalue weighted by Crippen LogP contribution is -2.46. The normalized spacial score (nSPS) is 17.2. The maximum Gasteiger partial charge on any atom is 0.194 e. The summed E-state index contributed by atoms with van der Waals surface area (Å²) in [5, 5.41) is 3.46. The predicted molar refractivity (Wildman–Crippen MR) is 84.6 cm³/mol. The fourth-order valence-electron chi connectivity index (χ4n) is 2.48. The van der Waals surface area contributed by atoms with E-state index >= 15 is 0 Å². The monoisotopic (exact) mass is 293 g/mol. The van der Waals surface area contributed by atoms with Gasteiger partial charge in [0, 0.05) is 33.2 Å². The summed E-state index contributed by atoms with van der Waals surface area (Å²) >= 11 is 0. The van der Waals surface area contributed by atoms with Gasteiger partial charge < -0.3 is 19.4 Å². The first kappa shape index (κ1) is 15.9. The summed E-state index contributed by atoms with van der Waals surface area (Å²) in [6.45, 7) is 6.69. The highest BCUT2D eigenvalue weighted by molar-refractivity contribution is 5.80. The third kappa shape index (κ3) is 5.42. The summed E-state index contributed by atoms with van der Waals surface area (Å²) in [5.41, 5.74) is 0. The molecule has 0 aliphatic carbocycles. The molecule has 5 nitrogen and oxygen atoms in total. The number of hydrogen-bond donors (Lipinski definition) is 1. The van der Waals surface area contributed by atoms with Crippen molar-refractivity contribution in [1.82, 2.24) is 10.2 Å². The zero-order valence-electron chi connectivity index (χ0n) is 13.2. The molecule has 1 fully saturated rings. The van der Waals surface area contributed by atoms with Crippen molar-refractivity contribution in [2.24, 2.45) is 10.9 Å². The molecule has 0 amide bonds. The summed E-state index contributed by atoms with van der Waals surface area (Å²) < 4.78 is 10.5. The standard InChI is InChI=1S/C16H27N3O2/c1-14-6-10-19(11-7-14)16(18-9-13-20-2)17-8-5-15-4-3-12-21-15/h3-4,12,14H,5-11,13H2,1-2H3,(H,17,18). The van der Waals surface area contributed by atoms with Crippen molar-refractivity contribution in [2.75, 3.05) is 39.9 Å². The fraction of sp³-hybridized carbons (Fsp3) is 0.688. The first-order valence-electron chi connectivity index (χ1n) is 7.84. The van der Waals surface area contributed by atoms with Crippen LogP contribution in [-0.4, -0.2) is 50.8 Å². The molecule has 2 heterocycles. The fourth-order valence-corrected chi connectivity index (χ4v) is 2.48. The highest BCUT2D eigenvalue weighted by atomic mass is 16.5. The van der Waals surface area contributed by atoms with E-state index in [9.17, 15) is 0 Å². The molecule has 0 saturated carbocycles. The number of piperidine rings is 1. The van der Waals surface area contributed by atoms with Crippen molar-refractivity contribution in [3.63, 3.8) is 0 Å². The second-order valence-corrected chi connectivity index (χ2v) is 5.62. The molecule has 1 aliphatic rings. The van der Waals surface area contributed by atoms with E-state index in [1.807, 2.05) is 12.1 Å². The van der Waals surface area contributed by atoms with Crippen LogP contribution in [0.4, 0.5) is 0 Å². The van der Waals surface area contributed by atoms with E-state index in [1.165, 1.54) is 12.8 Å². The van der Waals surface area contributed by atoms with Gasteiger partial charge in [-0.3, -0.25) is 4.99 Å². The average molecular weight is 293 g/mol. The van der Waals surface area contributed by atoms with Crippen molar-refractivity contribution >= 4 is 5.96 Å². The lowest BCUT2D eigenvalue weighted by Gasteiger charge is -2.33. The van der Waals surface area contributed by atoms with Crippen LogP contribution in [0.5, 0.6) is 0 Å². The third-order valence-corrected chi connectivity index (χ3v) is 3.87. The molecule has 1 aromatic heterocycles. The smallest absolute Gasteiger partial charge is 0.194 e. The molecule has 0 atom stereocenters. The zero-order chi connectivity index (χ0) is 14.9. The molecule has 1 aromatic rings. The number of likely N-dealkylation sites (tertiary alicyclic amines) is 1. The highest BCUT2D eigenvalue weighted by Crippen LogP contribution is 2.15. The number of aliphatic imine (C=N–C) groups is 1. The molecule has 118 valence electrons. The van der Waals surface area contributed by atoms with Crippen LogP contribution in [0.2, 0.25) is 0 Å². The van der Waals surface area contributed by atoms with Crippen LogP contribution in [0, 0.1) is 5.92 Å². The summed E-state index contributed by atoms with van der Waals surface area (Å²) in [6.07, 6.45) is 5.07. The van der Waals surface area contributed by atoms with Crippen LogP contribution in [0.25, 0.3) is 0 Å². The maximum atomic E-state index is 5.36. The molecule has 2 rings (SSSR count). The Morgan fingerprint density at radius 2 is 2.29 bits per heavy atom. The number of ether oxygens (including phenoxy) is 1. The molecular weight excluding hydrogens is 266 g/mol. The average Bonchev–Trinajstić information content (AvgIpc) is 3.00. The summed E-state index contributed by atoms with van der Waals surface area (Å²) in [6, 6.07) is 3.93. The Balaban J connectivity index is 1.84. The van der Waals surface area contributed by atoms with Gasteiger partial charge in [0.25, 0.3) is 0 Å².